The van der Waals surface area contributed by atoms with Gasteiger partial charge in [0.25, 0.3) is 0 Å². The van der Waals surface area contributed by atoms with Gasteiger partial charge in [0, 0.05) is 41.3 Å². The molecule has 0 radical (unpaired) electrons. The van der Waals surface area contributed by atoms with Crippen molar-refractivity contribution in [3.63, 3.8) is 0 Å². The van der Waals surface area contributed by atoms with Crippen molar-refractivity contribution in [1.82, 2.24) is 9.55 Å². The zero-order valence-corrected chi connectivity index (χ0v) is 26.4. The fraction of sp³-hybridized carbons (Fsp3) is 0.146. The molecule has 5 nitrogen and oxygen atoms in total. The van der Waals surface area contributed by atoms with Crippen LogP contribution in [0.5, 0.6) is 11.5 Å². The molecule has 0 bridgehead atoms. The molecule has 8 rings (SSSR count). The van der Waals surface area contributed by atoms with Crippen LogP contribution in [0.25, 0.3) is 27.6 Å². The predicted octanol–water partition coefficient (Wildman–Crippen LogP) is 10.4. The SMILES string of the molecule is CC(C)(C)c1ccnc(-n2c3ccccc3c3ccc(Oc4cccc(N5CN(Cc6ccccc6)c6ccccc65)c4)cc32)c1. The summed E-state index contributed by atoms with van der Waals surface area (Å²) in [6, 6.07) is 46.9. The molecule has 0 saturated carbocycles. The summed E-state index contributed by atoms with van der Waals surface area (Å²) in [5.74, 6) is 2.49. The number of pyridine rings is 1. The molecule has 1 aliphatic heterocycles. The van der Waals surface area contributed by atoms with Gasteiger partial charge in [-0.2, -0.15) is 0 Å². The molecule has 0 spiro atoms. The monoisotopic (exact) mass is 600 g/mol. The van der Waals surface area contributed by atoms with Gasteiger partial charge in [-0.05, 0) is 71.1 Å². The number of nitrogens with zero attached hydrogens (tertiary/aromatic N) is 4. The van der Waals surface area contributed by atoms with E-state index < -0.39 is 0 Å². The van der Waals surface area contributed by atoms with Gasteiger partial charge in [-0.1, -0.05) is 87.5 Å². The topological polar surface area (TPSA) is 33.5 Å². The van der Waals surface area contributed by atoms with Crippen LogP contribution in [0.4, 0.5) is 17.1 Å². The zero-order chi connectivity index (χ0) is 31.3. The van der Waals surface area contributed by atoms with Crippen LogP contribution < -0.4 is 14.5 Å². The summed E-state index contributed by atoms with van der Waals surface area (Å²) in [5, 5.41) is 2.37. The van der Waals surface area contributed by atoms with Crippen molar-refractivity contribution >= 4 is 38.9 Å². The lowest BCUT2D eigenvalue weighted by Gasteiger charge is -2.22. The van der Waals surface area contributed by atoms with Gasteiger partial charge >= 0.3 is 0 Å². The van der Waals surface area contributed by atoms with Crippen LogP contribution in [0.1, 0.15) is 31.9 Å². The van der Waals surface area contributed by atoms with Crippen LogP contribution >= 0.6 is 0 Å². The second-order valence-corrected chi connectivity index (χ2v) is 13.0. The lowest BCUT2D eigenvalue weighted by Crippen LogP contribution is -2.27. The van der Waals surface area contributed by atoms with Crippen molar-refractivity contribution in [2.24, 2.45) is 0 Å². The molecule has 0 fully saturated rings. The highest BCUT2D eigenvalue weighted by Gasteiger charge is 2.27. The molecule has 46 heavy (non-hydrogen) atoms. The summed E-state index contributed by atoms with van der Waals surface area (Å²) in [6.07, 6.45) is 1.92. The molecule has 2 aromatic heterocycles. The van der Waals surface area contributed by atoms with Crippen molar-refractivity contribution in [3.8, 4) is 17.3 Å². The molecule has 1 aliphatic rings. The number of benzene rings is 5. The first-order valence-electron chi connectivity index (χ1n) is 15.9. The average molecular weight is 601 g/mol. The Labute approximate surface area is 269 Å². The maximum Gasteiger partial charge on any atom is 0.137 e. The number of fused-ring (bicyclic) bond motifs is 4. The van der Waals surface area contributed by atoms with Crippen LogP contribution in [0.15, 0.2) is 140 Å². The van der Waals surface area contributed by atoms with E-state index in [-0.39, 0.29) is 5.41 Å². The largest absolute Gasteiger partial charge is 0.457 e. The summed E-state index contributed by atoms with van der Waals surface area (Å²) in [5.41, 5.74) is 8.29. The highest BCUT2D eigenvalue weighted by atomic mass is 16.5. The molecular weight excluding hydrogens is 564 g/mol. The molecule has 0 atom stereocenters. The van der Waals surface area contributed by atoms with Crippen LogP contribution in [-0.4, -0.2) is 16.2 Å². The Morgan fingerprint density at radius 2 is 1.39 bits per heavy atom. The molecule has 5 heteroatoms. The number of hydrogen-bond acceptors (Lipinski definition) is 4. The van der Waals surface area contributed by atoms with Crippen molar-refractivity contribution in [3.05, 3.63) is 151 Å². The second kappa shape index (κ2) is 11.1. The highest BCUT2D eigenvalue weighted by Crippen LogP contribution is 2.42. The zero-order valence-electron chi connectivity index (χ0n) is 26.4. The molecule has 0 unspecified atom stereocenters. The van der Waals surface area contributed by atoms with E-state index in [4.69, 9.17) is 9.72 Å². The summed E-state index contributed by atoms with van der Waals surface area (Å²) in [7, 11) is 0. The Balaban J connectivity index is 1.14. The van der Waals surface area contributed by atoms with Crippen molar-refractivity contribution < 1.29 is 4.74 Å². The molecule has 0 saturated heterocycles. The van der Waals surface area contributed by atoms with E-state index in [1.54, 1.807) is 0 Å². The van der Waals surface area contributed by atoms with Gasteiger partial charge < -0.3 is 14.5 Å². The quantitative estimate of drug-likeness (QED) is 0.190. The van der Waals surface area contributed by atoms with Crippen LogP contribution in [0, 0.1) is 0 Å². The minimum atomic E-state index is 0.0180. The fourth-order valence-electron chi connectivity index (χ4n) is 6.56. The van der Waals surface area contributed by atoms with Gasteiger partial charge in [-0.15, -0.1) is 0 Å². The molecular formula is C41H36N4O. The second-order valence-electron chi connectivity index (χ2n) is 13.0. The van der Waals surface area contributed by atoms with Gasteiger partial charge in [0.05, 0.1) is 29.1 Å². The maximum atomic E-state index is 6.59. The van der Waals surface area contributed by atoms with Gasteiger partial charge in [-0.3, -0.25) is 4.57 Å². The molecule has 7 aromatic rings. The maximum absolute atomic E-state index is 6.59. The number of para-hydroxylation sites is 3. The van der Waals surface area contributed by atoms with Crippen LogP contribution in [0.2, 0.25) is 0 Å². The van der Waals surface area contributed by atoms with Gasteiger partial charge in [0.1, 0.15) is 17.3 Å². The molecule has 0 N–H and O–H groups in total. The Hall–Kier alpha value is -5.55. The van der Waals surface area contributed by atoms with E-state index in [9.17, 15) is 0 Å². The number of ether oxygens (including phenoxy) is 1. The third-order valence-corrected chi connectivity index (χ3v) is 8.89. The average Bonchev–Trinajstić information content (AvgIpc) is 3.60. The standard InChI is InChI=1S/C41H36N4O/c1-41(2,3)30-22-23-42-40(24-30)45-36-17-8-7-16-34(36)35-21-20-33(26-39(35)45)46-32-15-11-14-31(25-32)44-28-43(27-29-12-5-4-6-13-29)37-18-9-10-19-38(37)44/h4-26H,27-28H2,1-3H3. The number of hydrogen-bond donors (Lipinski definition) is 0. The van der Waals surface area contributed by atoms with Crippen LogP contribution in [-0.2, 0) is 12.0 Å². The lowest BCUT2D eigenvalue weighted by molar-refractivity contribution is 0.483. The van der Waals surface area contributed by atoms with E-state index in [0.717, 1.165) is 47.3 Å². The predicted molar refractivity (Wildman–Crippen MR) is 190 cm³/mol. The fourth-order valence-corrected chi connectivity index (χ4v) is 6.56. The summed E-state index contributed by atoms with van der Waals surface area (Å²) < 4.78 is 8.84. The summed E-state index contributed by atoms with van der Waals surface area (Å²) >= 11 is 0. The van der Waals surface area contributed by atoms with Crippen molar-refractivity contribution in [2.75, 3.05) is 16.5 Å². The van der Waals surface area contributed by atoms with E-state index in [2.05, 4.69) is 163 Å². The minimum absolute atomic E-state index is 0.0180. The van der Waals surface area contributed by atoms with E-state index in [0.29, 0.717) is 0 Å². The molecule has 0 aliphatic carbocycles. The van der Waals surface area contributed by atoms with Crippen molar-refractivity contribution in [2.45, 2.75) is 32.7 Å². The van der Waals surface area contributed by atoms with Gasteiger partial charge in [0.15, 0.2) is 0 Å². The van der Waals surface area contributed by atoms with Gasteiger partial charge in [-0.25, -0.2) is 4.98 Å². The Morgan fingerprint density at radius 1 is 0.652 bits per heavy atom. The molecule has 3 heterocycles. The number of aromatic nitrogens is 2. The third kappa shape index (κ3) is 5.04. The van der Waals surface area contributed by atoms with E-state index in [1.807, 2.05) is 12.3 Å². The summed E-state index contributed by atoms with van der Waals surface area (Å²) in [4.78, 5) is 9.61. The molecule has 0 amide bonds. The molecule has 226 valence electrons. The normalized spacial score (nSPS) is 13.0. The van der Waals surface area contributed by atoms with E-state index in [1.165, 1.54) is 33.3 Å². The Kier molecular flexibility index (Phi) is 6.75. The van der Waals surface area contributed by atoms with Crippen LogP contribution in [0.3, 0.4) is 0 Å². The van der Waals surface area contributed by atoms with Crippen molar-refractivity contribution in [1.29, 1.82) is 0 Å². The lowest BCUT2D eigenvalue weighted by atomic mass is 9.88. The minimum Gasteiger partial charge on any atom is -0.457 e. The first-order chi connectivity index (χ1) is 22.4. The number of anilines is 3. The Morgan fingerprint density at radius 3 is 2.24 bits per heavy atom. The Bertz CT molecular complexity index is 2190. The highest BCUT2D eigenvalue weighted by molar-refractivity contribution is 6.09. The van der Waals surface area contributed by atoms with Gasteiger partial charge in [0.2, 0.25) is 0 Å². The third-order valence-electron chi connectivity index (χ3n) is 8.89. The summed E-state index contributed by atoms with van der Waals surface area (Å²) in [6.45, 7) is 8.33. The first-order valence-corrected chi connectivity index (χ1v) is 15.9. The van der Waals surface area contributed by atoms with E-state index >= 15 is 0 Å². The number of rotatable bonds is 6. The first kappa shape index (κ1) is 28.0. The smallest absolute Gasteiger partial charge is 0.137 e. The molecule has 5 aromatic carbocycles.